The Kier molecular flexibility index (Phi) is 4.37. The standard InChI is InChI=1S/C19H15N3O3S/c1-12-6-5-9-15-17(12)20-19(26-15)21-18(23)14-10-16(22-25-14)24-11-13-7-3-2-4-8-13/h2-10H,11H2,1H3,(H,20,21,23). The van der Waals surface area contributed by atoms with Crippen LogP contribution in [0.25, 0.3) is 10.2 Å². The second kappa shape index (κ2) is 6.97. The SMILES string of the molecule is Cc1cccc2sc(NC(=O)c3cc(OCc4ccccc4)no3)nc12. The Bertz CT molecular complexity index is 1060. The van der Waals surface area contributed by atoms with Crippen LogP contribution in [0.1, 0.15) is 21.7 Å². The van der Waals surface area contributed by atoms with Gasteiger partial charge in [-0.1, -0.05) is 53.8 Å². The van der Waals surface area contributed by atoms with Gasteiger partial charge in [0.1, 0.15) is 6.61 Å². The van der Waals surface area contributed by atoms with Gasteiger partial charge in [0.15, 0.2) is 5.13 Å². The number of aryl methyl sites for hydroxylation is 1. The molecule has 4 rings (SSSR count). The van der Waals surface area contributed by atoms with Crippen LogP contribution in [0.2, 0.25) is 0 Å². The average Bonchev–Trinajstić information content (AvgIpc) is 3.28. The summed E-state index contributed by atoms with van der Waals surface area (Å²) in [4.78, 5) is 16.8. The largest absolute Gasteiger partial charge is 0.471 e. The summed E-state index contributed by atoms with van der Waals surface area (Å²) in [5, 5.41) is 7.03. The number of aromatic nitrogens is 2. The van der Waals surface area contributed by atoms with Crippen LogP contribution in [0, 0.1) is 6.92 Å². The minimum Gasteiger partial charge on any atom is -0.471 e. The van der Waals surface area contributed by atoms with Crippen molar-refractivity contribution >= 4 is 32.6 Å². The number of para-hydroxylation sites is 1. The van der Waals surface area contributed by atoms with Crippen molar-refractivity contribution in [2.45, 2.75) is 13.5 Å². The first-order valence-electron chi connectivity index (χ1n) is 8.00. The fourth-order valence-corrected chi connectivity index (χ4v) is 3.40. The van der Waals surface area contributed by atoms with Gasteiger partial charge in [0.25, 0.3) is 11.8 Å². The summed E-state index contributed by atoms with van der Waals surface area (Å²) < 4.78 is 11.6. The lowest BCUT2D eigenvalue weighted by molar-refractivity contribution is 0.0987. The van der Waals surface area contributed by atoms with E-state index in [1.807, 2.05) is 55.5 Å². The van der Waals surface area contributed by atoms with Crippen molar-refractivity contribution in [3.05, 3.63) is 71.5 Å². The molecule has 0 saturated carbocycles. The first kappa shape index (κ1) is 16.3. The molecule has 0 atom stereocenters. The van der Waals surface area contributed by atoms with Crippen molar-refractivity contribution in [2.75, 3.05) is 5.32 Å². The molecule has 0 radical (unpaired) electrons. The van der Waals surface area contributed by atoms with E-state index in [9.17, 15) is 4.79 Å². The Labute approximate surface area is 153 Å². The molecule has 7 heteroatoms. The van der Waals surface area contributed by atoms with E-state index in [1.54, 1.807) is 0 Å². The number of benzene rings is 2. The minimum absolute atomic E-state index is 0.0732. The number of thiazole rings is 1. The molecule has 0 aliphatic heterocycles. The number of anilines is 1. The van der Waals surface area contributed by atoms with Gasteiger partial charge >= 0.3 is 0 Å². The predicted molar refractivity (Wildman–Crippen MR) is 99.6 cm³/mol. The Morgan fingerprint density at radius 1 is 1.19 bits per heavy atom. The molecule has 0 unspecified atom stereocenters. The van der Waals surface area contributed by atoms with Crippen molar-refractivity contribution in [3.63, 3.8) is 0 Å². The van der Waals surface area contributed by atoms with Crippen LogP contribution < -0.4 is 10.1 Å². The van der Waals surface area contributed by atoms with E-state index >= 15 is 0 Å². The van der Waals surface area contributed by atoms with Crippen LogP contribution in [-0.2, 0) is 6.61 Å². The van der Waals surface area contributed by atoms with E-state index < -0.39 is 5.91 Å². The third kappa shape index (κ3) is 3.43. The van der Waals surface area contributed by atoms with Gasteiger partial charge in [-0.2, -0.15) is 0 Å². The fraction of sp³-hybridized carbons (Fsp3) is 0.105. The van der Waals surface area contributed by atoms with Crippen molar-refractivity contribution in [1.29, 1.82) is 0 Å². The molecule has 0 aliphatic carbocycles. The molecule has 0 aliphatic rings. The molecule has 4 aromatic rings. The van der Waals surface area contributed by atoms with Crippen LogP contribution in [0.4, 0.5) is 5.13 Å². The average molecular weight is 365 g/mol. The highest BCUT2D eigenvalue weighted by molar-refractivity contribution is 7.22. The van der Waals surface area contributed by atoms with Crippen LogP contribution in [0.3, 0.4) is 0 Å². The molecule has 0 saturated heterocycles. The van der Waals surface area contributed by atoms with Crippen molar-refractivity contribution in [3.8, 4) is 5.88 Å². The number of hydrogen-bond acceptors (Lipinski definition) is 6. The Morgan fingerprint density at radius 2 is 2.04 bits per heavy atom. The summed E-state index contributed by atoms with van der Waals surface area (Å²) in [5.74, 6) is -0.0769. The van der Waals surface area contributed by atoms with E-state index in [2.05, 4.69) is 15.5 Å². The molecule has 0 bridgehead atoms. The van der Waals surface area contributed by atoms with Crippen molar-refractivity contribution in [1.82, 2.24) is 10.1 Å². The third-order valence-electron chi connectivity index (χ3n) is 3.78. The first-order chi connectivity index (χ1) is 12.7. The number of fused-ring (bicyclic) bond motifs is 1. The van der Waals surface area contributed by atoms with Crippen LogP contribution in [0.5, 0.6) is 5.88 Å². The van der Waals surface area contributed by atoms with E-state index in [0.717, 1.165) is 21.3 Å². The topological polar surface area (TPSA) is 77.2 Å². The lowest BCUT2D eigenvalue weighted by atomic mass is 10.2. The molecule has 1 amide bonds. The number of hydrogen-bond donors (Lipinski definition) is 1. The van der Waals surface area contributed by atoms with Gasteiger partial charge in [0, 0.05) is 0 Å². The monoisotopic (exact) mass is 365 g/mol. The van der Waals surface area contributed by atoms with Gasteiger partial charge in [0.2, 0.25) is 5.76 Å². The smallest absolute Gasteiger partial charge is 0.296 e. The number of carbonyl (C=O) groups excluding carboxylic acids is 1. The van der Waals surface area contributed by atoms with E-state index in [0.29, 0.717) is 11.7 Å². The fourth-order valence-electron chi connectivity index (χ4n) is 2.46. The summed E-state index contributed by atoms with van der Waals surface area (Å²) in [5.41, 5.74) is 2.96. The van der Waals surface area contributed by atoms with Crippen LogP contribution >= 0.6 is 11.3 Å². The predicted octanol–water partition coefficient (Wildman–Crippen LogP) is 4.42. The highest BCUT2D eigenvalue weighted by Gasteiger charge is 2.16. The van der Waals surface area contributed by atoms with Crippen molar-refractivity contribution in [2.24, 2.45) is 0 Å². The molecule has 130 valence electrons. The number of rotatable bonds is 5. The van der Waals surface area contributed by atoms with E-state index in [-0.39, 0.29) is 11.6 Å². The van der Waals surface area contributed by atoms with Crippen molar-refractivity contribution < 1.29 is 14.1 Å². The third-order valence-corrected chi connectivity index (χ3v) is 4.72. The van der Waals surface area contributed by atoms with Crippen LogP contribution in [0.15, 0.2) is 59.1 Å². The van der Waals surface area contributed by atoms with E-state index in [4.69, 9.17) is 9.26 Å². The molecule has 0 spiro atoms. The highest BCUT2D eigenvalue weighted by Crippen LogP contribution is 2.28. The quantitative estimate of drug-likeness (QED) is 0.566. The number of nitrogens with zero attached hydrogens (tertiary/aromatic N) is 2. The lowest BCUT2D eigenvalue weighted by Gasteiger charge is -2.00. The molecular formula is C19H15N3O3S. The zero-order chi connectivity index (χ0) is 17.9. The van der Waals surface area contributed by atoms with Gasteiger partial charge < -0.3 is 9.26 Å². The van der Waals surface area contributed by atoms with Gasteiger partial charge in [-0.05, 0) is 29.3 Å². The Morgan fingerprint density at radius 3 is 2.85 bits per heavy atom. The highest BCUT2D eigenvalue weighted by atomic mass is 32.1. The van der Waals surface area contributed by atoms with Gasteiger partial charge in [-0.3, -0.25) is 10.1 Å². The minimum atomic E-state index is -0.413. The zero-order valence-corrected chi connectivity index (χ0v) is 14.7. The number of ether oxygens (including phenoxy) is 1. The maximum absolute atomic E-state index is 12.3. The molecule has 1 N–H and O–H groups in total. The molecular weight excluding hydrogens is 350 g/mol. The molecule has 6 nitrogen and oxygen atoms in total. The zero-order valence-electron chi connectivity index (χ0n) is 13.9. The molecule has 2 aromatic heterocycles. The van der Waals surface area contributed by atoms with Crippen LogP contribution in [-0.4, -0.2) is 16.0 Å². The van der Waals surface area contributed by atoms with Gasteiger partial charge in [-0.15, -0.1) is 0 Å². The number of carbonyl (C=O) groups is 1. The molecule has 0 fully saturated rings. The number of nitrogens with one attached hydrogen (secondary N) is 1. The lowest BCUT2D eigenvalue weighted by Crippen LogP contribution is -2.10. The molecule has 26 heavy (non-hydrogen) atoms. The molecule has 2 heterocycles. The summed E-state index contributed by atoms with van der Waals surface area (Å²) in [6, 6.07) is 17.1. The maximum Gasteiger partial charge on any atom is 0.296 e. The molecule has 2 aromatic carbocycles. The van der Waals surface area contributed by atoms with E-state index in [1.165, 1.54) is 17.4 Å². The second-order valence-corrected chi connectivity index (χ2v) is 6.73. The summed E-state index contributed by atoms with van der Waals surface area (Å²) in [6.45, 7) is 2.34. The summed E-state index contributed by atoms with van der Waals surface area (Å²) in [6.07, 6.45) is 0. The summed E-state index contributed by atoms with van der Waals surface area (Å²) >= 11 is 1.41. The Balaban J connectivity index is 1.43. The Hall–Kier alpha value is -3.19. The van der Waals surface area contributed by atoms with Gasteiger partial charge in [-0.25, -0.2) is 4.98 Å². The van der Waals surface area contributed by atoms with Gasteiger partial charge in [0.05, 0.1) is 16.3 Å². The normalized spacial score (nSPS) is 10.8. The summed E-state index contributed by atoms with van der Waals surface area (Å²) in [7, 11) is 0. The first-order valence-corrected chi connectivity index (χ1v) is 8.81. The number of amides is 1. The second-order valence-electron chi connectivity index (χ2n) is 5.70. The maximum atomic E-state index is 12.3.